The Bertz CT molecular complexity index is 815. The fraction of sp³-hybridized carbons (Fsp3) is 0.211. The molecule has 0 bridgehead atoms. The third-order valence-electron chi connectivity index (χ3n) is 3.60. The third kappa shape index (κ3) is 4.60. The molecule has 0 saturated heterocycles. The van der Waals surface area contributed by atoms with Crippen molar-refractivity contribution in [3.05, 3.63) is 66.7 Å². The number of ether oxygens (including phenoxy) is 2. The van der Waals surface area contributed by atoms with Crippen LogP contribution in [0.2, 0.25) is 0 Å². The number of nitrogens with zero attached hydrogens (tertiary/aromatic N) is 3. The Balaban J connectivity index is 1.43. The topological polar surface area (TPSA) is 78.3 Å². The second-order valence-corrected chi connectivity index (χ2v) is 5.40. The van der Waals surface area contributed by atoms with E-state index in [4.69, 9.17) is 9.47 Å². The predicted octanol–water partition coefficient (Wildman–Crippen LogP) is 2.47. The van der Waals surface area contributed by atoms with Gasteiger partial charge in [-0.2, -0.15) is 5.10 Å². The summed E-state index contributed by atoms with van der Waals surface area (Å²) in [6.07, 6.45) is 3.07. The van der Waals surface area contributed by atoms with Crippen molar-refractivity contribution in [1.29, 1.82) is 0 Å². The summed E-state index contributed by atoms with van der Waals surface area (Å²) in [4.78, 5) is 16.0. The van der Waals surface area contributed by atoms with E-state index in [1.807, 2.05) is 43.3 Å². The zero-order valence-electron chi connectivity index (χ0n) is 14.5. The molecule has 7 nitrogen and oxygen atoms in total. The first-order chi connectivity index (χ1) is 12.8. The van der Waals surface area contributed by atoms with E-state index in [1.165, 1.54) is 6.33 Å². The standard InChI is InChI=1S/C19H20N4O3/c1-2-25-17-7-9-18(10-8-17)26-12-11-21-19(24)15-3-5-16(6-4-15)23-14-20-13-22-23/h3-10,13-14H,2,11-12H2,1H3,(H,21,24). The molecule has 0 fully saturated rings. The van der Waals surface area contributed by atoms with E-state index >= 15 is 0 Å². The zero-order chi connectivity index (χ0) is 18.2. The molecule has 26 heavy (non-hydrogen) atoms. The average Bonchev–Trinajstić information content (AvgIpc) is 3.21. The van der Waals surface area contributed by atoms with Gasteiger partial charge in [0.2, 0.25) is 0 Å². The third-order valence-corrected chi connectivity index (χ3v) is 3.60. The highest BCUT2D eigenvalue weighted by Crippen LogP contribution is 2.17. The molecule has 0 atom stereocenters. The first-order valence-electron chi connectivity index (χ1n) is 8.35. The fourth-order valence-corrected chi connectivity index (χ4v) is 2.34. The maximum absolute atomic E-state index is 12.2. The van der Waals surface area contributed by atoms with Crippen LogP contribution in [0.1, 0.15) is 17.3 Å². The van der Waals surface area contributed by atoms with Gasteiger partial charge in [0.1, 0.15) is 30.8 Å². The van der Waals surface area contributed by atoms with Crippen LogP contribution in [0, 0.1) is 0 Å². The number of amides is 1. The van der Waals surface area contributed by atoms with E-state index < -0.39 is 0 Å². The minimum absolute atomic E-state index is 0.148. The van der Waals surface area contributed by atoms with Crippen LogP contribution in [-0.4, -0.2) is 40.4 Å². The maximum Gasteiger partial charge on any atom is 0.251 e. The molecular weight excluding hydrogens is 332 g/mol. The van der Waals surface area contributed by atoms with Gasteiger partial charge >= 0.3 is 0 Å². The molecule has 3 aromatic rings. The highest BCUT2D eigenvalue weighted by Gasteiger charge is 2.06. The van der Waals surface area contributed by atoms with Gasteiger partial charge in [0.05, 0.1) is 18.8 Å². The lowest BCUT2D eigenvalue weighted by Gasteiger charge is -2.09. The summed E-state index contributed by atoms with van der Waals surface area (Å²) in [5.41, 5.74) is 1.42. The number of nitrogens with one attached hydrogen (secondary N) is 1. The van der Waals surface area contributed by atoms with Crippen molar-refractivity contribution in [3.8, 4) is 17.2 Å². The first-order valence-corrected chi connectivity index (χ1v) is 8.35. The van der Waals surface area contributed by atoms with Crippen molar-refractivity contribution in [1.82, 2.24) is 20.1 Å². The molecule has 1 aromatic heterocycles. The highest BCUT2D eigenvalue weighted by atomic mass is 16.5. The van der Waals surface area contributed by atoms with Crippen LogP contribution in [0.4, 0.5) is 0 Å². The zero-order valence-corrected chi connectivity index (χ0v) is 14.5. The molecule has 2 aromatic carbocycles. The van der Waals surface area contributed by atoms with E-state index in [0.29, 0.717) is 25.3 Å². The summed E-state index contributed by atoms with van der Waals surface area (Å²) in [7, 11) is 0. The number of carbonyl (C=O) groups is 1. The van der Waals surface area contributed by atoms with Crippen molar-refractivity contribution in [2.45, 2.75) is 6.92 Å². The van der Waals surface area contributed by atoms with Gasteiger partial charge in [0.25, 0.3) is 5.91 Å². The van der Waals surface area contributed by atoms with Crippen LogP contribution < -0.4 is 14.8 Å². The maximum atomic E-state index is 12.2. The molecule has 0 spiro atoms. The van der Waals surface area contributed by atoms with Crippen molar-refractivity contribution in [2.75, 3.05) is 19.8 Å². The Morgan fingerprint density at radius 3 is 2.35 bits per heavy atom. The van der Waals surface area contributed by atoms with Gasteiger partial charge in [-0.05, 0) is 55.5 Å². The molecule has 0 radical (unpaired) electrons. The number of carbonyl (C=O) groups excluding carboxylic acids is 1. The summed E-state index contributed by atoms with van der Waals surface area (Å²) < 4.78 is 12.6. The molecule has 134 valence electrons. The van der Waals surface area contributed by atoms with E-state index in [0.717, 1.165) is 17.2 Å². The van der Waals surface area contributed by atoms with Gasteiger partial charge in [-0.15, -0.1) is 0 Å². The minimum Gasteiger partial charge on any atom is -0.494 e. The number of benzene rings is 2. The van der Waals surface area contributed by atoms with Crippen LogP contribution in [-0.2, 0) is 0 Å². The molecule has 0 aliphatic rings. The Hall–Kier alpha value is -3.35. The largest absolute Gasteiger partial charge is 0.494 e. The SMILES string of the molecule is CCOc1ccc(OCCNC(=O)c2ccc(-n3cncn3)cc2)cc1. The molecule has 0 aliphatic heterocycles. The summed E-state index contributed by atoms with van der Waals surface area (Å²) in [6, 6.07) is 14.5. The van der Waals surface area contributed by atoms with E-state index in [2.05, 4.69) is 15.4 Å². The Morgan fingerprint density at radius 1 is 1.04 bits per heavy atom. The monoisotopic (exact) mass is 352 g/mol. The fourth-order valence-electron chi connectivity index (χ4n) is 2.34. The quantitative estimate of drug-likeness (QED) is 0.630. The van der Waals surface area contributed by atoms with Crippen LogP contribution in [0.25, 0.3) is 5.69 Å². The summed E-state index contributed by atoms with van der Waals surface area (Å²) in [5.74, 6) is 1.40. The molecule has 1 heterocycles. The van der Waals surface area contributed by atoms with Gasteiger partial charge in [0.15, 0.2) is 0 Å². The molecule has 3 rings (SSSR count). The first kappa shape index (κ1) is 17.5. The van der Waals surface area contributed by atoms with Crippen LogP contribution in [0.15, 0.2) is 61.2 Å². The second kappa shape index (κ2) is 8.66. The number of hydrogen-bond acceptors (Lipinski definition) is 5. The van der Waals surface area contributed by atoms with Crippen molar-refractivity contribution >= 4 is 5.91 Å². The van der Waals surface area contributed by atoms with Gasteiger partial charge in [0, 0.05) is 5.56 Å². The van der Waals surface area contributed by atoms with Crippen LogP contribution in [0.5, 0.6) is 11.5 Å². The predicted molar refractivity (Wildman–Crippen MR) is 96.8 cm³/mol. The smallest absolute Gasteiger partial charge is 0.251 e. The van der Waals surface area contributed by atoms with E-state index in [1.54, 1.807) is 23.1 Å². The molecule has 1 N–H and O–H groups in total. The lowest BCUT2D eigenvalue weighted by atomic mass is 10.2. The molecule has 0 unspecified atom stereocenters. The summed E-state index contributed by atoms with van der Waals surface area (Å²) in [6.45, 7) is 3.37. The van der Waals surface area contributed by atoms with Crippen molar-refractivity contribution in [3.63, 3.8) is 0 Å². The summed E-state index contributed by atoms with van der Waals surface area (Å²) >= 11 is 0. The number of rotatable bonds is 8. The molecule has 7 heteroatoms. The van der Waals surface area contributed by atoms with Crippen molar-refractivity contribution < 1.29 is 14.3 Å². The Kier molecular flexibility index (Phi) is 5.82. The van der Waals surface area contributed by atoms with Gasteiger partial charge in [-0.3, -0.25) is 4.79 Å². The lowest BCUT2D eigenvalue weighted by molar-refractivity contribution is 0.0947. The second-order valence-electron chi connectivity index (χ2n) is 5.40. The lowest BCUT2D eigenvalue weighted by Crippen LogP contribution is -2.28. The Labute approximate surface area is 151 Å². The van der Waals surface area contributed by atoms with Crippen molar-refractivity contribution in [2.24, 2.45) is 0 Å². The van der Waals surface area contributed by atoms with Gasteiger partial charge in [-0.1, -0.05) is 0 Å². The molecular formula is C19H20N4O3. The highest BCUT2D eigenvalue weighted by molar-refractivity contribution is 5.94. The number of hydrogen-bond donors (Lipinski definition) is 1. The molecule has 0 saturated carbocycles. The average molecular weight is 352 g/mol. The summed E-state index contributed by atoms with van der Waals surface area (Å²) in [5, 5.41) is 6.88. The van der Waals surface area contributed by atoms with Crippen LogP contribution in [0.3, 0.4) is 0 Å². The molecule has 1 amide bonds. The van der Waals surface area contributed by atoms with Gasteiger partial charge in [-0.25, -0.2) is 9.67 Å². The minimum atomic E-state index is -0.148. The Morgan fingerprint density at radius 2 is 1.73 bits per heavy atom. The van der Waals surface area contributed by atoms with Crippen LogP contribution >= 0.6 is 0 Å². The molecule has 0 aliphatic carbocycles. The van der Waals surface area contributed by atoms with Gasteiger partial charge < -0.3 is 14.8 Å². The van der Waals surface area contributed by atoms with E-state index in [-0.39, 0.29) is 5.91 Å². The van der Waals surface area contributed by atoms with E-state index in [9.17, 15) is 4.79 Å². The normalized spacial score (nSPS) is 10.3. The number of aromatic nitrogens is 3.